The fraction of sp³-hybridized carbons (Fsp3) is 0.111. The smallest absolute Gasteiger partial charge is 0.334 e. The molecule has 0 heterocycles. The molecule has 0 aliphatic heterocycles. The topological polar surface area (TPSA) is 63.6 Å². The van der Waals surface area contributed by atoms with Crippen LogP contribution in [0.5, 0.6) is 0 Å². The van der Waals surface area contributed by atoms with Crippen molar-refractivity contribution in [2.24, 2.45) is 0 Å². The lowest BCUT2D eigenvalue weighted by atomic mass is 9.91. The van der Waals surface area contributed by atoms with Gasteiger partial charge in [-0.3, -0.25) is 4.79 Å². The second kappa shape index (κ2) is 7.50. The highest BCUT2D eigenvalue weighted by Crippen LogP contribution is 2.29. The highest BCUT2D eigenvalue weighted by molar-refractivity contribution is 6.04. The molecule has 0 atom stereocenters. The van der Waals surface area contributed by atoms with Crippen molar-refractivity contribution >= 4 is 17.5 Å². The monoisotopic (exact) mass is 332 g/mol. The van der Waals surface area contributed by atoms with Crippen LogP contribution in [-0.4, -0.2) is 24.2 Å². The van der Waals surface area contributed by atoms with Gasteiger partial charge in [-0.1, -0.05) is 24.3 Å². The number of hydrogen-bond acceptors (Lipinski definition) is 3. The molecule has 0 bridgehead atoms. The molecular formula is C18H14F2O4. The molecule has 0 saturated heterocycles. The van der Waals surface area contributed by atoms with Crippen LogP contribution in [0.4, 0.5) is 8.78 Å². The first-order valence-corrected chi connectivity index (χ1v) is 6.97. The number of benzene rings is 2. The molecule has 2 rings (SSSR count). The third-order valence-corrected chi connectivity index (χ3v) is 3.33. The minimum Gasteiger partial charge on any atom is -0.481 e. The van der Waals surface area contributed by atoms with Gasteiger partial charge in [0.15, 0.2) is 0 Å². The van der Waals surface area contributed by atoms with Crippen molar-refractivity contribution in [3.63, 3.8) is 0 Å². The number of carbonyl (C=O) groups excluding carboxylic acids is 1. The number of halogens is 2. The van der Waals surface area contributed by atoms with Gasteiger partial charge in [-0.25, -0.2) is 13.6 Å². The van der Waals surface area contributed by atoms with Crippen molar-refractivity contribution < 1.29 is 28.2 Å². The van der Waals surface area contributed by atoms with Crippen LogP contribution >= 0.6 is 0 Å². The number of aliphatic carboxylic acids is 1. The summed E-state index contributed by atoms with van der Waals surface area (Å²) >= 11 is 0. The molecule has 0 radical (unpaired) electrons. The van der Waals surface area contributed by atoms with Gasteiger partial charge in [-0.2, -0.15) is 0 Å². The van der Waals surface area contributed by atoms with E-state index in [2.05, 4.69) is 4.74 Å². The molecule has 0 amide bonds. The van der Waals surface area contributed by atoms with E-state index < -0.39 is 30.0 Å². The molecule has 0 spiro atoms. The van der Waals surface area contributed by atoms with Crippen LogP contribution in [0.2, 0.25) is 0 Å². The summed E-state index contributed by atoms with van der Waals surface area (Å²) in [6, 6.07) is 10.4. The van der Waals surface area contributed by atoms with Crippen LogP contribution in [0.25, 0.3) is 5.57 Å². The summed E-state index contributed by atoms with van der Waals surface area (Å²) < 4.78 is 31.1. The molecule has 2 aromatic rings. The Bertz CT molecular complexity index is 730. The fourth-order valence-corrected chi connectivity index (χ4v) is 2.29. The van der Waals surface area contributed by atoms with E-state index in [1.54, 1.807) is 0 Å². The van der Waals surface area contributed by atoms with E-state index in [0.717, 1.165) is 7.11 Å². The van der Waals surface area contributed by atoms with E-state index in [9.17, 15) is 18.4 Å². The van der Waals surface area contributed by atoms with E-state index in [0.29, 0.717) is 11.1 Å². The van der Waals surface area contributed by atoms with Crippen molar-refractivity contribution in [3.05, 3.63) is 76.9 Å². The molecule has 0 fully saturated rings. The van der Waals surface area contributed by atoms with Crippen molar-refractivity contribution in [1.29, 1.82) is 0 Å². The van der Waals surface area contributed by atoms with Gasteiger partial charge in [0.1, 0.15) is 11.6 Å². The zero-order chi connectivity index (χ0) is 17.7. The van der Waals surface area contributed by atoms with E-state index >= 15 is 0 Å². The van der Waals surface area contributed by atoms with Crippen molar-refractivity contribution in [1.82, 2.24) is 0 Å². The molecular weight excluding hydrogens is 318 g/mol. The van der Waals surface area contributed by atoms with Crippen LogP contribution in [0.15, 0.2) is 54.1 Å². The van der Waals surface area contributed by atoms with E-state index in [-0.39, 0.29) is 11.1 Å². The highest BCUT2D eigenvalue weighted by Gasteiger charge is 2.22. The predicted octanol–water partition coefficient (Wildman–Crippen LogP) is 3.41. The SMILES string of the molecule is COC(=O)C(CC(=O)O)=C(c1ccc(F)cc1)c1ccc(F)cc1. The Morgan fingerprint density at radius 3 is 1.67 bits per heavy atom. The minimum absolute atomic E-state index is 0.108. The predicted molar refractivity (Wildman–Crippen MR) is 83.1 cm³/mol. The average Bonchev–Trinajstić information content (AvgIpc) is 2.56. The number of hydrogen-bond donors (Lipinski definition) is 1. The Balaban J connectivity index is 2.73. The largest absolute Gasteiger partial charge is 0.481 e. The molecule has 0 unspecified atom stereocenters. The molecule has 2 aromatic carbocycles. The summed E-state index contributed by atoms with van der Waals surface area (Å²) in [7, 11) is 1.14. The first-order chi connectivity index (χ1) is 11.4. The van der Waals surface area contributed by atoms with E-state index in [1.165, 1.54) is 48.5 Å². The third-order valence-electron chi connectivity index (χ3n) is 3.33. The number of methoxy groups -OCH3 is 1. The van der Waals surface area contributed by atoms with Gasteiger partial charge < -0.3 is 9.84 Å². The van der Waals surface area contributed by atoms with Gasteiger partial charge in [0.2, 0.25) is 0 Å². The number of esters is 1. The average molecular weight is 332 g/mol. The van der Waals surface area contributed by atoms with E-state index in [4.69, 9.17) is 5.11 Å². The summed E-state index contributed by atoms with van der Waals surface area (Å²) in [5, 5.41) is 9.10. The lowest BCUT2D eigenvalue weighted by Crippen LogP contribution is -2.12. The van der Waals surface area contributed by atoms with Crippen molar-refractivity contribution in [2.45, 2.75) is 6.42 Å². The summed E-state index contributed by atoms with van der Waals surface area (Å²) in [4.78, 5) is 23.2. The van der Waals surface area contributed by atoms with Gasteiger partial charge in [-0.15, -0.1) is 0 Å². The molecule has 6 heteroatoms. The summed E-state index contributed by atoms with van der Waals surface area (Å²) in [6.07, 6.45) is -0.587. The van der Waals surface area contributed by atoms with Crippen LogP contribution in [0.1, 0.15) is 17.5 Å². The maximum atomic E-state index is 13.2. The summed E-state index contributed by atoms with van der Waals surface area (Å²) in [5.74, 6) is -3.00. The van der Waals surface area contributed by atoms with Gasteiger partial charge in [0.25, 0.3) is 0 Å². The molecule has 0 aliphatic rings. The first kappa shape index (κ1) is 17.3. The van der Waals surface area contributed by atoms with Gasteiger partial charge in [-0.05, 0) is 41.0 Å². The van der Waals surface area contributed by atoms with Crippen LogP contribution < -0.4 is 0 Å². The zero-order valence-electron chi connectivity index (χ0n) is 12.8. The Labute approximate surface area is 137 Å². The third kappa shape index (κ3) is 4.04. The maximum absolute atomic E-state index is 13.2. The van der Waals surface area contributed by atoms with E-state index in [1.807, 2.05) is 0 Å². The van der Waals surface area contributed by atoms with Crippen LogP contribution in [0, 0.1) is 11.6 Å². The number of carboxylic acid groups (broad SMARTS) is 1. The molecule has 124 valence electrons. The lowest BCUT2D eigenvalue weighted by Gasteiger charge is -2.14. The lowest BCUT2D eigenvalue weighted by molar-refractivity contribution is -0.141. The summed E-state index contributed by atoms with van der Waals surface area (Å²) in [5.41, 5.74) is 0.988. The van der Waals surface area contributed by atoms with Crippen LogP contribution in [-0.2, 0) is 14.3 Å². The molecule has 0 aromatic heterocycles. The molecule has 24 heavy (non-hydrogen) atoms. The maximum Gasteiger partial charge on any atom is 0.334 e. The highest BCUT2D eigenvalue weighted by atomic mass is 19.1. The molecule has 0 aliphatic carbocycles. The standard InChI is InChI=1S/C18H14F2O4/c1-24-18(23)15(10-16(21)22)17(11-2-6-13(19)7-3-11)12-4-8-14(20)9-5-12/h2-9H,10H2,1H3,(H,21,22). The zero-order valence-corrected chi connectivity index (χ0v) is 12.8. The Hall–Kier alpha value is -3.02. The molecule has 4 nitrogen and oxygen atoms in total. The second-order valence-corrected chi connectivity index (χ2v) is 4.93. The normalized spacial score (nSPS) is 10.1. The van der Waals surface area contributed by atoms with Crippen molar-refractivity contribution in [2.75, 3.05) is 7.11 Å². The number of carbonyl (C=O) groups is 2. The number of ether oxygens (including phenoxy) is 1. The fourth-order valence-electron chi connectivity index (χ4n) is 2.29. The molecule has 0 saturated carbocycles. The minimum atomic E-state index is -1.22. The molecule has 1 N–H and O–H groups in total. The second-order valence-electron chi connectivity index (χ2n) is 4.93. The quantitative estimate of drug-likeness (QED) is 0.673. The first-order valence-electron chi connectivity index (χ1n) is 6.97. The Morgan fingerprint density at radius 2 is 1.33 bits per heavy atom. The Kier molecular flexibility index (Phi) is 5.42. The summed E-state index contributed by atoms with van der Waals surface area (Å²) in [6.45, 7) is 0. The van der Waals surface area contributed by atoms with Gasteiger partial charge in [0.05, 0.1) is 19.1 Å². The number of carboxylic acids is 1. The van der Waals surface area contributed by atoms with Gasteiger partial charge >= 0.3 is 11.9 Å². The van der Waals surface area contributed by atoms with Gasteiger partial charge in [0, 0.05) is 0 Å². The Morgan fingerprint density at radius 1 is 0.917 bits per heavy atom. The number of rotatable bonds is 5. The van der Waals surface area contributed by atoms with Crippen molar-refractivity contribution in [3.8, 4) is 0 Å². The van der Waals surface area contributed by atoms with Crippen LogP contribution in [0.3, 0.4) is 0 Å².